The summed E-state index contributed by atoms with van der Waals surface area (Å²) in [7, 11) is 0. The number of hydrogen-bond donors (Lipinski definition) is 0. The summed E-state index contributed by atoms with van der Waals surface area (Å²) in [6.07, 6.45) is 8.02. The van der Waals surface area contributed by atoms with Crippen molar-refractivity contribution < 1.29 is 20.1 Å². The third kappa shape index (κ3) is 10.9. The summed E-state index contributed by atoms with van der Waals surface area (Å²) in [5.74, 6) is 0. The van der Waals surface area contributed by atoms with Crippen LogP contribution in [0.3, 0.4) is 0 Å². The number of nitrogens with zero attached hydrogens (tertiary/aromatic N) is 3. The molecule has 0 atom stereocenters. The van der Waals surface area contributed by atoms with E-state index in [4.69, 9.17) is 26.6 Å². The molecule has 2 aliphatic carbocycles. The van der Waals surface area contributed by atoms with Crippen molar-refractivity contribution in [2.24, 2.45) is 10.8 Å². The summed E-state index contributed by atoms with van der Waals surface area (Å²) < 4.78 is 0. The minimum absolute atomic E-state index is 0. The van der Waals surface area contributed by atoms with Gasteiger partial charge in [0, 0.05) is 23.6 Å². The van der Waals surface area contributed by atoms with Crippen molar-refractivity contribution in [2.75, 3.05) is 0 Å². The molecule has 0 saturated heterocycles. The molecule has 466 valence electrons. The van der Waals surface area contributed by atoms with E-state index in [-0.39, 0.29) is 52.6 Å². The van der Waals surface area contributed by atoms with Gasteiger partial charge in [-0.15, -0.1) is 105 Å². The molecule has 0 spiro atoms. The first-order valence-electron chi connectivity index (χ1n) is 32.8. The van der Waals surface area contributed by atoms with Gasteiger partial charge in [-0.2, -0.15) is 0 Å². The Morgan fingerprint density at radius 3 is 0.979 bits per heavy atom. The normalized spacial score (nSPS) is 15.8. The predicted molar refractivity (Wildman–Crippen MR) is 389 cm³/mol. The number of pyridine rings is 3. The molecular formula is C89H79ClIrN3. The number of aryl methyl sites for hydroxylation is 2. The van der Waals surface area contributed by atoms with E-state index >= 15 is 0 Å². The Balaban J connectivity index is 0.00000803. The van der Waals surface area contributed by atoms with Gasteiger partial charge in [0.1, 0.15) is 0 Å². The first kappa shape index (κ1) is 64.1. The van der Waals surface area contributed by atoms with Crippen LogP contribution < -0.4 is 0 Å². The van der Waals surface area contributed by atoms with Crippen LogP contribution in [0.5, 0.6) is 0 Å². The molecule has 0 amide bonds. The summed E-state index contributed by atoms with van der Waals surface area (Å²) in [6.45, 7) is 28.7. The fourth-order valence-corrected chi connectivity index (χ4v) is 15.2. The molecule has 94 heavy (non-hydrogen) atoms. The van der Waals surface area contributed by atoms with Crippen molar-refractivity contribution in [1.82, 2.24) is 15.0 Å². The van der Waals surface area contributed by atoms with Crippen molar-refractivity contribution in [2.45, 2.75) is 118 Å². The van der Waals surface area contributed by atoms with Crippen molar-refractivity contribution in [3.05, 3.63) is 294 Å². The number of fused-ring (bicyclic) bond motifs is 2. The second-order valence-electron chi connectivity index (χ2n) is 29.1. The Bertz CT molecular complexity index is 4630. The molecular weight excluding hydrogens is 1340 g/mol. The van der Waals surface area contributed by atoms with Crippen LogP contribution in [-0.2, 0) is 54.6 Å². The molecule has 12 aromatic rings. The number of aromatic nitrogens is 3. The molecule has 9 aromatic carbocycles. The minimum atomic E-state index is -0.0247. The Kier molecular flexibility index (Phi) is 16.6. The van der Waals surface area contributed by atoms with Crippen LogP contribution in [0.4, 0.5) is 0 Å². The quantitative estimate of drug-likeness (QED) is 0.108. The Morgan fingerprint density at radius 1 is 0.309 bits per heavy atom. The largest absolute Gasteiger partial charge is 3.00 e. The van der Waals surface area contributed by atoms with Gasteiger partial charge in [-0.05, 0) is 176 Å². The summed E-state index contributed by atoms with van der Waals surface area (Å²) in [6, 6.07) is 89.8. The standard InChI is InChI=1S/C89H79ClN3.Ir/c1-84(2)77-43-36-62(52-79(77)86(5,6)88(84,9)10)82-46-39-65(55-92-82)72-23-14-17-26-75(72)68-49-67(50-69(51-68)76-27-18-15-24-73(76)66-40-47-83(93-56-66)63-37-44-78-80(53-63)87(7,8)89(11,12)85(78,3)4)74-25-16-13-22-71(74)64-38-45-81(91-54-64)61-21-19-20-60(48-61)59-34-30-57(31-35-59)28-29-58-32-41-70(90)42-33-58;/h13-20,22-27,30-35,38-56H,28-29H2,1-12H3;/q-3;+3. The minimum Gasteiger partial charge on any atom is -0.304 e. The van der Waals surface area contributed by atoms with Gasteiger partial charge in [0.25, 0.3) is 0 Å². The monoisotopic (exact) mass is 1420 g/mol. The van der Waals surface area contributed by atoms with Crippen molar-refractivity contribution in [3.63, 3.8) is 0 Å². The second kappa shape index (κ2) is 24.3. The topological polar surface area (TPSA) is 38.7 Å². The summed E-state index contributed by atoms with van der Waals surface area (Å²) in [5.41, 5.74) is 29.2. The maximum atomic E-state index is 6.15. The third-order valence-electron chi connectivity index (χ3n) is 23.2. The molecule has 3 heterocycles. The van der Waals surface area contributed by atoms with Gasteiger partial charge in [-0.3, -0.25) is 0 Å². The van der Waals surface area contributed by atoms with E-state index in [9.17, 15) is 0 Å². The molecule has 0 N–H and O–H groups in total. The summed E-state index contributed by atoms with van der Waals surface area (Å²) in [4.78, 5) is 15.5. The summed E-state index contributed by atoms with van der Waals surface area (Å²) in [5, 5.41) is 0.766. The van der Waals surface area contributed by atoms with Gasteiger partial charge in [0.2, 0.25) is 0 Å². The maximum absolute atomic E-state index is 6.15. The number of rotatable bonds is 13. The van der Waals surface area contributed by atoms with Crippen LogP contribution in [0, 0.1) is 29.0 Å². The fourth-order valence-electron chi connectivity index (χ4n) is 15.0. The van der Waals surface area contributed by atoms with Crippen LogP contribution in [0.15, 0.2) is 237 Å². The van der Waals surface area contributed by atoms with E-state index in [0.717, 1.165) is 130 Å². The predicted octanol–water partition coefficient (Wildman–Crippen LogP) is 23.6. The van der Waals surface area contributed by atoms with E-state index < -0.39 is 0 Å². The first-order valence-corrected chi connectivity index (χ1v) is 33.2. The SMILES string of the molecule is CC1(C)c2c[c-]c(-c3ccc(-c4ccccc4-c4cc(-c5ccccc5-c5ccc(-c6[c-]ccc(-c7ccc(CCc8ccc(Cl)cc8)cc7)c6)nc5)cc(-c5ccccc5-c5ccc(-c6[c-]cc7c(c6)C(C)(C)C(C)(C)C7(C)C)nc5)c4)cn3)cc2C(C)(C)C1(C)C.[Ir+3]. The average molecular weight is 1420 g/mol. The van der Waals surface area contributed by atoms with E-state index in [1.165, 1.54) is 33.4 Å². The Hall–Kier alpha value is -8.63. The molecule has 0 fully saturated rings. The number of hydrogen-bond acceptors (Lipinski definition) is 3. The van der Waals surface area contributed by atoms with Crippen LogP contribution in [0.25, 0.3) is 112 Å². The van der Waals surface area contributed by atoms with Gasteiger partial charge in [-0.1, -0.05) is 240 Å². The number of benzene rings is 9. The van der Waals surface area contributed by atoms with Crippen molar-refractivity contribution >= 4 is 11.6 Å². The molecule has 3 aromatic heterocycles. The molecule has 0 saturated carbocycles. The molecule has 0 bridgehead atoms. The average Bonchev–Trinajstić information content (AvgIpc) is 1.55. The second-order valence-corrected chi connectivity index (χ2v) is 29.6. The van der Waals surface area contributed by atoms with E-state index in [1.807, 2.05) is 36.8 Å². The van der Waals surface area contributed by atoms with Crippen LogP contribution >= 0.6 is 11.6 Å². The van der Waals surface area contributed by atoms with E-state index in [2.05, 4.69) is 301 Å². The maximum Gasteiger partial charge on any atom is 3.00 e. The number of halogens is 1. The molecule has 0 unspecified atom stereocenters. The zero-order valence-corrected chi connectivity index (χ0v) is 59.1. The molecule has 0 radical (unpaired) electrons. The van der Waals surface area contributed by atoms with Gasteiger partial charge >= 0.3 is 20.1 Å². The molecule has 0 aliphatic heterocycles. The van der Waals surface area contributed by atoms with Crippen LogP contribution in [-0.4, -0.2) is 15.0 Å². The zero-order valence-electron chi connectivity index (χ0n) is 56.0. The van der Waals surface area contributed by atoms with Gasteiger partial charge < -0.3 is 15.0 Å². The zero-order chi connectivity index (χ0) is 64.8. The first-order chi connectivity index (χ1) is 44.5. The van der Waals surface area contributed by atoms with Crippen molar-refractivity contribution in [1.29, 1.82) is 0 Å². The third-order valence-corrected chi connectivity index (χ3v) is 23.5. The molecule has 3 nitrogen and oxygen atoms in total. The smallest absolute Gasteiger partial charge is 0.304 e. The van der Waals surface area contributed by atoms with Gasteiger partial charge in [0.15, 0.2) is 0 Å². The van der Waals surface area contributed by atoms with Crippen molar-refractivity contribution in [3.8, 4) is 112 Å². The van der Waals surface area contributed by atoms with Crippen LogP contribution in [0.1, 0.15) is 116 Å². The van der Waals surface area contributed by atoms with E-state index in [1.54, 1.807) is 0 Å². The van der Waals surface area contributed by atoms with Crippen LogP contribution in [0.2, 0.25) is 5.02 Å². The molecule has 14 rings (SSSR count). The fraction of sp³-hybridized carbons (Fsp3) is 0.225. The molecule has 5 heteroatoms. The Morgan fingerprint density at radius 2 is 0.628 bits per heavy atom. The van der Waals surface area contributed by atoms with E-state index in [0.29, 0.717) is 0 Å². The van der Waals surface area contributed by atoms with Gasteiger partial charge in [0.05, 0.1) is 0 Å². The van der Waals surface area contributed by atoms with Gasteiger partial charge in [-0.25, -0.2) is 0 Å². The molecule has 2 aliphatic rings. The Labute approximate surface area is 576 Å². The summed E-state index contributed by atoms with van der Waals surface area (Å²) >= 11 is 6.15.